The third kappa shape index (κ3) is 5.42. The van der Waals surface area contributed by atoms with Crippen LogP contribution >= 0.6 is 0 Å². The maximum Gasteiger partial charge on any atom is 0.417 e. The van der Waals surface area contributed by atoms with E-state index >= 15 is 4.39 Å². The minimum absolute atomic E-state index is 0.0690. The van der Waals surface area contributed by atoms with Crippen molar-refractivity contribution in [3.05, 3.63) is 53.4 Å². The number of halogens is 4. The number of nitrogens with zero attached hydrogens (tertiary/aromatic N) is 4. The highest BCUT2D eigenvalue weighted by molar-refractivity contribution is 5.95. The van der Waals surface area contributed by atoms with Crippen molar-refractivity contribution in [2.24, 2.45) is 5.73 Å². The molecule has 1 fully saturated rings. The molecule has 1 aliphatic heterocycles. The topological polar surface area (TPSA) is 124 Å². The molecule has 1 aliphatic rings. The smallest absolute Gasteiger partial charge is 0.388 e. The fourth-order valence-electron chi connectivity index (χ4n) is 4.31. The number of pyridine rings is 2. The zero-order chi connectivity index (χ0) is 27.3. The number of likely N-dealkylation sites (tertiary alicyclic amines) is 1. The van der Waals surface area contributed by atoms with Crippen LogP contribution in [-0.2, 0) is 15.7 Å². The summed E-state index contributed by atoms with van der Waals surface area (Å²) in [6.07, 6.45) is -3.59. The fourth-order valence-corrected chi connectivity index (χ4v) is 4.31. The number of aromatic nitrogens is 3. The van der Waals surface area contributed by atoms with E-state index in [2.05, 4.69) is 9.97 Å². The van der Waals surface area contributed by atoms with E-state index in [4.69, 9.17) is 10.5 Å². The molecule has 3 aromatic rings. The van der Waals surface area contributed by atoms with Crippen molar-refractivity contribution in [3.8, 4) is 5.82 Å². The molecule has 0 unspecified atom stereocenters. The Morgan fingerprint density at radius 3 is 2.43 bits per heavy atom. The molecule has 0 radical (unpaired) electrons. The lowest BCUT2D eigenvalue weighted by Crippen LogP contribution is -2.33. The van der Waals surface area contributed by atoms with Gasteiger partial charge in [-0.05, 0) is 32.0 Å². The zero-order valence-electron chi connectivity index (χ0n) is 20.2. The van der Waals surface area contributed by atoms with Gasteiger partial charge < -0.3 is 20.5 Å². The van der Waals surface area contributed by atoms with Gasteiger partial charge in [0.2, 0.25) is 5.91 Å². The van der Waals surface area contributed by atoms with Crippen LogP contribution in [0.1, 0.15) is 48.4 Å². The molecule has 0 spiro atoms. The Kier molecular flexibility index (Phi) is 6.71. The molecule has 4 rings (SSSR count). The first kappa shape index (κ1) is 26.5. The number of carbonyl (C=O) groups is 2. The molecule has 3 N–H and O–H groups in total. The summed E-state index contributed by atoms with van der Waals surface area (Å²) in [5.74, 6) is -3.37. The quantitative estimate of drug-likeness (QED) is 0.479. The number of nitrogens with two attached hydrogens (primary N) is 1. The first-order valence-electron chi connectivity index (χ1n) is 11.3. The Bertz CT molecular complexity index is 1370. The summed E-state index contributed by atoms with van der Waals surface area (Å²) < 4.78 is 61.9. The fraction of sp³-hybridized carbons (Fsp3) is 0.417. The van der Waals surface area contributed by atoms with Crippen LogP contribution in [0.4, 0.5) is 17.6 Å². The van der Waals surface area contributed by atoms with Gasteiger partial charge in [0.15, 0.2) is 11.6 Å². The number of hydrogen-bond acceptors (Lipinski definition) is 6. The number of amides is 2. The SMILES string of the molecule is CC(=O)N1C[C@H](OCC(C)(C)O)[C@@H](c2cc3cnc(C(N)=O)cc3n2-c2ncc(C(F)(F)F)cc2F)C1. The molecule has 1 saturated heterocycles. The third-order valence-electron chi connectivity index (χ3n) is 6.07. The third-order valence-corrected chi connectivity index (χ3v) is 6.07. The summed E-state index contributed by atoms with van der Waals surface area (Å²) in [7, 11) is 0. The van der Waals surface area contributed by atoms with Crippen LogP contribution in [0.3, 0.4) is 0 Å². The second-order valence-corrected chi connectivity index (χ2v) is 9.62. The highest BCUT2D eigenvalue weighted by Crippen LogP contribution is 2.37. The normalized spacial score (nSPS) is 18.5. The molecule has 9 nitrogen and oxygen atoms in total. The first-order valence-corrected chi connectivity index (χ1v) is 11.3. The van der Waals surface area contributed by atoms with Gasteiger partial charge >= 0.3 is 6.18 Å². The first-order chi connectivity index (χ1) is 17.2. The highest BCUT2D eigenvalue weighted by Gasteiger charge is 2.40. The minimum Gasteiger partial charge on any atom is -0.388 e. The molecule has 0 aliphatic carbocycles. The van der Waals surface area contributed by atoms with Crippen LogP contribution in [0, 0.1) is 5.82 Å². The van der Waals surface area contributed by atoms with Crippen molar-refractivity contribution in [2.75, 3.05) is 19.7 Å². The number of carbonyl (C=O) groups excluding carboxylic acids is 2. The van der Waals surface area contributed by atoms with Crippen molar-refractivity contribution in [1.29, 1.82) is 0 Å². The van der Waals surface area contributed by atoms with Crippen molar-refractivity contribution < 1.29 is 37.0 Å². The van der Waals surface area contributed by atoms with Crippen LogP contribution < -0.4 is 5.73 Å². The molecule has 4 heterocycles. The van der Waals surface area contributed by atoms with Gasteiger partial charge in [-0.25, -0.2) is 9.37 Å². The molecule has 2 atom stereocenters. The van der Waals surface area contributed by atoms with Gasteiger partial charge in [-0.2, -0.15) is 13.2 Å². The summed E-state index contributed by atoms with van der Waals surface area (Å²) in [5, 5.41) is 10.6. The van der Waals surface area contributed by atoms with Crippen molar-refractivity contribution >= 4 is 22.7 Å². The highest BCUT2D eigenvalue weighted by atomic mass is 19.4. The second-order valence-electron chi connectivity index (χ2n) is 9.62. The summed E-state index contributed by atoms with van der Waals surface area (Å²) in [4.78, 5) is 33.2. The maximum absolute atomic E-state index is 15.2. The zero-order valence-corrected chi connectivity index (χ0v) is 20.2. The maximum atomic E-state index is 15.2. The number of aliphatic hydroxyl groups is 1. The molecule has 37 heavy (non-hydrogen) atoms. The van der Waals surface area contributed by atoms with E-state index in [1.165, 1.54) is 28.7 Å². The Balaban J connectivity index is 1.92. The van der Waals surface area contributed by atoms with Crippen molar-refractivity contribution in [2.45, 2.75) is 44.6 Å². The summed E-state index contributed by atoms with van der Waals surface area (Å²) in [6, 6.07) is 3.26. The van der Waals surface area contributed by atoms with Gasteiger partial charge in [0.1, 0.15) is 5.69 Å². The Morgan fingerprint density at radius 2 is 1.86 bits per heavy atom. The Hall–Kier alpha value is -3.58. The van der Waals surface area contributed by atoms with Crippen LogP contribution in [0.2, 0.25) is 0 Å². The molecule has 0 bridgehead atoms. The number of rotatable bonds is 6. The summed E-state index contributed by atoms with van der Waals surface area (Å²) in [6.45, 7) is 4.74. The Labute approximate surface area is 208 Å². The molecule has 2 amide bonds. The van der Waals surface area contributed by atoms with E-state index in [0.717, 1.165) is 0 Å². The molecule has 0 aromatic carbocycles. The van der Waals surface area contributed by atoms with Crippen molar-refractivity contribution in [1.82, 2.24) is 19.4 Å². The number of hydrogen-bond donors (Lipinski definition) is 2. The van der Waals surface area contributed by atoms with E-state index in [0.29, 0.717) is 23.3 Å². The van der Waals surface area contributed by atoms with E-state index in [9.17, 15) is 27.9 Å². The lowest BCUT2D eigenvalue weighted by Gasteiger charge is -2.25. The molecular formula is C24H25F4N5O4. The Morgan fingerprint density at radius 1 is 1.16 bits per heavy atom. The van der Waals surface area contributed by atoms with Gasteiger partial charge in [-0.1, -0.05) is 0 Å². The van der Waals surface area contributed by atoms with Crippen LogP contribution in [-0.4, -0.2) is 67.8 Å². The summed E-state index contributed by atoms with van der Waals surface area (Å²) >= 11 is 0. The van der Waals surface area contributed by atoms with Crippen molar-refractivity contribution in [3.63, 3.8) is 0 Å². The monoisotopic (exact) mass is 523 g/mol. The number of alkyl halides is 3. The average Bonchev–Trinajstić information content (AvgIpc) is 3.37. The van der Waals surface area contributed by atoms with Crippen LogP contribution in [0.5, 0.6) is 0 Å². The van der Waals surface area contributed by atoms with E-state index in [-0.39, 0.29) is 36.8 Å². The number of fused-ring (bicyclic) bond motifs is 1. The summed E-state index contributed by atoms with van der Waals surface area (Å²) in [5.41, 5.74) is 3.38. The van der Waals surface area contributed by atoms with Gasteiger partial charge in [0, 0.05) is 49.4 Å². The predicted octanol–water partition coefficient (Wildman–Crippen LogP) is 2.78. The van der Waals surface area contributed by atoms with E-state index < -0.39 is 46.9 Å². The van der Waals surface area contributed by atoms with Crippen LogP contribution in [0.15, 0.2) is 30.6 Å². The largest absolute Gasteiger partial charge is 0.417 e. The molecular weight excluding hydrogens is 498 g/mol. The lowest BCUT2D eigenvalue weighted by atomic mass is 10.0. The van der Waals surface area contributed by atoms with E-state index in [1.807, 2.05) is 0 Å². The lowest BCUT2D eigenvalue weighted by molar-refractivity contribution is -0.138. The predicted molar refractivity (Wildman–Crippen MR) is 123 cm³/mol. The number of primary amides is 1. The number of ether oxygens (including phenoxy) is 1. The van der Waals surface area contributed by atoms with Gasteiger partial charge in [0.05, 0.1) is 29.4 Å². The standard InChI is InChI=1S/C24H25F4N5O4/c1-12(34)32-9-15(20(10-32)37-11-23(2,3)36)19-4-13-7-30-17(21(29)35)6-18(13)33(19)22-16(25)5-14(8-31-22)24(26,27)28/h4-8,15,20,36H,9-11H2,1-3H3,(H2,29,35)/t15-,20+/m1/s1. The molecule has 3 aromatic heterocycles. The second kappa shape index (κ2) is 9.38. The molecule has 0 saturated carbocycles. The van der Waals surface area contributed by atoms with Gasteiger partial charge in [-0.3, -0.25) is 19.1 Å². The average molecular weight is 523 g/mol. The molecule has 198 valence electrons. The molecule has 13 heteroatoms. The van der Waals surface area contributed by atoms with Gasteiger partial charge in [0.25, 0.3) is 5.91 Å². The minimum atomic E-state index is -4.81. The van der Waals surface area contributed by atoms with E-state index in [1.54, 1.807) is 19.9 Å². The van der Waals surface area contributed by atoms with Crippen LogP contribution in [0.25, 0.3) is 16.7 Å². The van der Waals surface area contributed by atoms with Gasteiger partial charge in [-0.15, -0.1) is 0 Å².